The monoisotopic (exact) mass is 369 g/mol. The van der Waals surface area contributed by atoms with Crippen molar-refractivity contribution in [3.63, 3.8) is 0 Å². The van der Waals surface area contributed by atoms with Gasteiger partial charge in [0.25, 0.3) is 5.91 Å². The molecule has 4 aromatic rings. The van der Waals surface area contributed by atoms with E-state index in [0.717, 1.165) is 33.2 Å². The van der Waals surface area contributed by atoms with Crippen LogP contribution in [0.3, 0.4) is 0 Å². The maximum Gasteiger partial charge on any atom is 0.256 e. The zero-order valence-corrected chi connectivity index (χ0v) is 15.6. The number of carbonyl (C=O) groups excluding carboxylic acids is 1. The predicted molar refractivity (Wildman–Crippen MR) is 111 cm³/mol. The van der Waals surface area contributed by atoms with Crippen LogP contribution >= 0.6 is 0 Å². The number of benzene rings is 2. The predicted octanol–water partition coefficient (Wildman–Crippen LogP) is 4.14. The largest absolute Gasteiger partial charge is 0.368 e. The van der Waals surface area contributed by atoms with Crippen LogP contribution in [-0.2, 0) is 0 Å². The Hall–Kier alpha value is -3.80. The first-order valence-electron chi connectivity index (χ1n) is 8.87. The Balaban J connectivity index is 1.67. The number of pyridine rings is 1. The highest BCUT2D eigenvalue weighted by molar-refractivity contribution is 6.04. The van der Waals surface area contributed by atoms with Crippen LogP contribution in [0.1, 0.15) is 21.5 Å². The molecule has 2 aromatic carbocycles. The molecule has 0 aliphatic rings. The molecule has 0 aliphatic carbocycles. The summed E-state index contributed by atoms with van der Waals surface area (Å²) >= 11 is 0. The lowest BCUT2D eigenvalue weighted by atomic mass is 9.97. The number of fused-ring (bicyclic) bond motifs is 1. The van der Waals surface area contributed by atoms with E-state index in [4.69, 9.17) is 5.73 Å². The second-order valence-electron chi connectivity index (χ2n) is 6.71. The molecule has 0 bridgehead atoms. The third-order valence-electron chi connectivity index (χ3n) is 4.56. The van der Waals surface area contributed by atoms with E-state index in [2.05, 4.69) is 20.3 Å². The van der Waals surface area contributed by atoms with E-state index < -0.39 is 0 Å². The molecular formula is C22H19N5O. The van der Waals surface area contributed by atoms with E-state index in [9.17, 15) is 4.79 Å². The maximum absolute atomic E-state index is 12.7. The molecule has 28 heavy (non-hydrogen) atoms. The molecular weight excluding hydrogens is 350 g/mol. The van der Waals surface area contributed by atoms with Crippen LogP contribution in [0, 0.1) is 13.8 Å². The number of nitrogens with two attached hydrogens (primary N) is 1. The van der Waals surface area contributed by atoms with Gasteiger partial charge in [0.15, 0.2) is 0 Å². The first-order valence-corrected chi connectivity index (χ1v) is 8.87. The minimum absolute atomic E-state index is 0.200. The Bertz CT molecular complexity index is 1190. The summed E-state index contributed by atoms with van der Waals surface area (Å²) in [5, 5.41) is 3.73. The summed E-state index contributed by atoms with van der Waals surface area (Å²) in [4.78, 5) is 25.2. The average molecular weight is 369 g/mol. The number of carbonyl (C=O) groups is 1. The Morgan fingerprint density at radius 3 is 2.61 bits per heavy atom. The zero-order valence-electron chi connectivity index (χ0n) is 15.6. The third-order valence-corrected chi connectivity index (χ3v) is 4.56. The second kappa shape index (κ2) is 7.08. The van der Waals surface area contributed by atoms with E-state index in [1.165, 1.54) is 0 Å². The molecule has 138 valence electrons. The molecule has 0 unspecified atom stereocenters. The number of nitrogen functional groups attached to an aromatic ring is 1. The molecule has 0 saturated carbocycles. The van der Waals surface area contributed by atoms with Crippen LogP contribution in [0.4, 0.5) is 11.8 Å². The molecule has 6 heteroatoms. The van der Waals surface area contributed by atoms with Gasteiger partial charge in [0.1, 0.15) is 5.82 Å². The van der Waals surface area contributed by atoms with Crippen molar-refractivity contribution >= 4 is 28.6 Å². The molecule has 0 fully saturated rings. The van der Waals surface area contributed by atoms with Crippen LogP contribution in [-0.4, -0.2) is 20.9 Å². The van der Waals surface area contributed by atoms with Crippen LogP contribution in [0.15, 0.2) is 60.9 Å². The van der Waals surface area contributed by atoms with Crippen molar-refractivity contribution in [3.05, 3.63) is 77.6 Å². The molecule has 2 aromatic heterocycles. The molecule has 0 atom stereocenters. The first kappa shape index (κ1) is 17.6. The second-order valence-corrected chi connectivity index (χ2v) is 6.71. The van der Waals surface area contributed by atoms with Crippen molar-refractivity contribution in [3.8, 4) is 11.1 Å². The topological polar surface area (TPSA) is 93.8 Å². The van der Waals surface area contributed by atoms with Gasteiger partial charge in [-0.15, -0.1) is 0 Å². The molecule has 0 saturated heterocycles. The molecule has 2 heterocycles. The summed E-state index contributed by atoms with van der Waals surface area (Å²) in [5.74, 6) is 0.576. The summed E-state index contributed by atoms with van der Waals surface area (Å²) in [6.07, 6.45) is 3.43. The molecule has 0 radical (unpaired) electrons. The Morgan fingerprint density at radius 2 is 1.82 bits per heavy atom. The normalized spacial score (nSPS) is 10.8. The summed E-state index contributed by atoms with van der Waals surface area (Å²) in [6.45, 7) is 3.97. The highest BCUT2D eigenvalue weighted by atomic mass is 16.1. The van der Waals surface area contributed by atoms with Crippen molar-refractivity contribution < 1.29 is 4.79 Å². The molecule has 1 amide bonds. The average Bonchev–Trinajstić information content (AvgIpc) is 2.69. The quantitative estimate of drug-likeness (QED) is 0.566. The van der Waals surface area contributed by atoms with Crippen molar-refractivity contribution in [1.29, 1.82) is 0 Å². The summed E-state index contributed by atoms with van der Waals surface area (Å²) in [7, 11) is 0. The molecule has 0 aliphatic heterocycles. The van der Waals surface area contributed by atoms with Gasteiger partial charge in [0.05, 0.1) is 5.52 Å². The van der Waals surface area contributed by atoms with Gasteiger partial charge in [0, 0.05) is 23.3 Å². The van der Waals surface area contributed by atoms with Crippen LogP contribution in [0.5, 0.6) is 0 Å². The van der Waals surface area contributed by atoms with Crippen molar-refractivity contribution in [2.45, 2.75) is 13.8 Å². The van der Waals surface area contributed by atoms with Crippen molar-refractivity contribution in [1.82, 2.24) is 15.0 Å². The van der Waals surface area contributed by atoms with Gasteiger partial charge in [0.2, 0.25) is 5.95 Å². The number of nitrogens with zero attached hydrogens (tertiary/aromatic N) is 3. The fourth-order valence-corrected chi connectivity index (χ4v) is 3.02. The fraction of sp³-hybridized carbons (Fsp3) is 0.0909. The lowest BCUT2D eigenvalue weighted by molar-refractivity contribution is 0.102. The van der Waals surface area contributed by atoms with Gasteiger partial charge >= 0.3 is 0 Å². The molecule has 3 N–H and O–H groups in total. The van der Waals surface area contributed by atoms with E-state index in [1.807, 2.05) is 56.3 Å². The standard InChI is InChI=1S/C22H19N5O/c1-13-3-8-20(24-11-13)27-21(28)16-5-4-14(2)18(10-16)15-6-7-19-17(9-15)12-25-22(23)26-19/h3-12H,1-2H3,(H2,23,25,26)(H,24,27,28). The summed E-state index contributed by atoms with van der Waals surface area (Å²) < 4.78 is 0. The van der Waals surface area contributed by atoms with E-state index in [0.29, 0.717) is 11.4 Å². The number of amides is 1. The number of aromatic nitrogens is 3. The van der Waals surface area contributed by atoms with Crippen LogP contribution < -0.4 is 11.1 Å². The number of hydrogen-bond acceptors (Lipinski definition) is 5. The van der Waals surface area contributed by atoms with Gasteiger partial charge in [-0.2, -0.15) is 0 Å². The van der Waals surface area contributed by atoms with E-state index >= 15 is 0 Å². The minimum Gasteiger partial charge on any atom is -0.368 e. The number of aryl methyl sites for hydroxylation is 2. The fourth-order valence-electron chi connectivity index (χ4n) is 3.02. The summed E-state index contributed by atoms with van der Waals surface area (Å²) in [5.41, 5.74) is 11.1. The zero-order chi connectivity index (χ0) is 19.7. The van der Waals surface area contributed by atoms with E-state index in [1.54, 1.807) is 18.5 Å². The van der Waals surface area contributed by atoms with Crippen molar-refractivity contribution in [2.75, 3.05) is 11.1 Å². The van der Waals surface area contributed by atoms with Crippen molar-refractivity contribution in [2.24, 2.45) is 0 Å². The Labute approximate surface area is 162 Å². The maximum atomic E-state index is 12.7. The van der Waals surface area contributed by atoms with Gasteiger partial charge in [-0.05, 0) is 66.4 Å². The Kier molecular flexibility index (Phi) is 4.45. The Morgan fingerprint density at radius 1 is 0.964 bits per heavy atom. The number of hydrogen-bond donors (Lipinski definition) is 2. The first-order chi connectivity index (χ1) is 13.5. The lowest BCUT2D eigenvalue weighted by Crippen LogP contribution is -2.13. The number of anilines is 2. The number of nitrogens with one attached hydrogen (secondary N) is 1. The molecule has 4 rings (SSSR count). The highest BCUT2D eigenvalue weighted by Crippen LogP contribution is 2.28. The highest BCUT2D eigenvalue weighted by Gasteiger charge is 2.11. The van der Waals surface area contributed by atoms with Gasteiger partial charge in [-0.25, -0.2) is 15.0 Å². The molecule has 6 nitrogen and oxygen atoms in total. The smallest absolute Gasteiger partial charge is 0.256 e. The summed E-state index contributed by atoms with van der Waals surface area (Å²) in [6, 6.07) is 15.2. The van der Waals surface area contributed by atoms with E-state index in [-0.39, 0.29) is 11.9 Å². The lowest BCUT2D eigenvalue weighted by Gasteiger charge is -2.11. The minimum atomic E-state index is -0.200. The van der Waals surface area contributed by atoms with Crippen LogP contribution in [0.2, 0.25) is 0 Å². The number of rotatable bonds is 3. The van der Waals surface area contributed by atoms with Gasteiger partial charge in [-0.3, -0.25) is 4.79 Å². The van der Waals surface area contributed by atoms with Gasteiger partial charge < -0.3 is 11.1 Å². The SMILES string of the molecule is Cc1ccc(NC(=O)c2ccc(C)c(-c3ccc4nc(N)ncc4c3)c2)nc1. The van der Waals surface area contributed by atoms with Gasteiger partial charge in [-0.1, -0.05) is 18.2 Å². The molecule has 0 spiro atoms. The van der Waals surface area contributed by atoms with Crippen LogP contribution in [0.25, 0.3) is 22.0 Å². The third kappa shape index (κ3) is 3.53.